The number of quaternary nitrogens is 1. The Morgan fingerprint density at radius 3 is 2.84 bits per heavy atom. The molecule has 3 aliphatic heterocycles. The molecule has 0 aromatic heterocycles. The lowest BCUT2D eigenvalue weighted by Crippen LogP contribution is -2.49. The van der Waals surface area contributed by atoms with Crippen molar-refractivity contribution in [2.75, 3.05) is 19.7 Å². The van der Waals surface area contributed by atoms with Gasteiger partial charge < -0.3 is 24.4 Å². The second-order valence-electron chi connectivity index (χ2n) is 7.46. The second kappa shape index (κ2) is 6.23. The van der Waals surface area contributed by atoms with Gasteiger partial charge in [0.1, 0.15) is 6.61 Å². The summed E-state index contributed by atoms with van der Waals surface area (Å²) >= 11 is 0. The first-order valence-corrected chi connectivity index (χ1v) is 8.71. The third kappa shape index (κ3) is 3.01. The van der Waals surface area contributed by atoms with E-state index in [9.17, 15) is 19.9 Å². The Hall–Kier alpha value is -1.70. The Morgan fingerprint density at radius 2 is 2.16 bits per heavy atom. The summed E-state index contributed by atoms with van der Waals surface area (Å²) < 4.78 is 10.5. The molecule has 0 amide bonds. The fourth-order valence-electron chi connectivity index (χ4n) is 3.91. The lowest BCUT2D eigenvalue weighted by molar-refractivity contribution is -0.877. The Bertz CT molecular complexity index is 652. The lowest BCUT2D eigenvalue weighted by atomic mass is 9.85. The minimum absolute atomic E-state index is 0.0564. The van der Waals surface area contributed by atoms with Gasteiger partial charge in [0.15, 0.2) is 17.7 Å². The number of hydroxylamine groups is 3. The topological polar surface area (TPSA) is 95.9 Å². The van der Waals surface area contributed by atoms with Crippen molar-refractivity contribution in [3.63, 3.8) is 0 Å². The van der Waals surface area contributed by atoms with Gasteiger partial charge in [-0.3, -0.25) is 0 Å². The van der Waals surface area contributed by atoms with Crippen molar-refractivity contribution in [1.82, 2.24) is 0 Å². The number of nitrogens with zero attached hydrogens (tertiary/aromatic N) is 1. The fraction of sp³-hybridized carbons (Fsp3) is 0.667. The van der Waals surface area contributed by atoms with E-state index in [1.165, 1.54) is 6.92 Å². The molecule has 0 aromatic carbocycles. The van der Waals surface area contributed by atoms with Gasteiger partial charge in [0, 0.05) is 17.6 Å². The number of allylic oxidation sites excluding steroid dienone is 1. The van der Waals surface area contributed by atoms with E-state index >= 15 is 0 Å². The van der Waals surface area contributed by atoms with Gasteiger partial charge in [0.25, 0.3) is 0 Å². The largest absolute Gasteiger partial charge is 0.632 e. The van der Waals surface area contributed by atoms with Gasteiger partial charge >= 0.3 is 11.9 Å². The monoisotopic (exact) mass is 351 g/mol. The number of esters is 2. The zero-order valence-electron chi connectivity index (χ0n) is 14.9. The standard InChI is InChI=1S/C18H25NO6/c1-4-12-9-11(2)18(3,22)17(21)24-10-13-5-7-19(23)8-6-14(15(13)19)25-16(12)20/h4-5,11,14-15,22H,6-10H2,1-3H3/b12-4+/t11-,14-,15-,18-,19?/m1/s1. The van der Waals surface area contributed by atoms with Crippen molar-refractivity contribution in [3.05, 3.63) is 28.5 Å². The Balaban J connectivity index is 1.94. The smallest absolute Gasteiger partial charge is 0.338 e. The highest BCUT2D eigenvalue weighted by Crippen LogP contribution is 2.39. The van der Waals surface area contributed by atoms with Gasteiger partial charge in [-0.2, -0.15) is 0 Å². The van der Waals surface area contributed by atoms with Gasteiger partial charge in [0.05, 0.1) is 13.1 Å². The van der Waals surface area contributed by atoms with Crippen LogP contribution in [-0.2, 0) is 19.1 Å². The minimum Gasteiger partial charge on any atom is -0.632 e. The van der Waals surface area contributed by atoms with Crippen molar-refractivity contribution in [2.45, 2.75) is 51.4 Å². The van der Waals surface area contributed by atoms with Crippen LogP contribution in [0.4, 0.5) is 0 Å². The molecule has 7 nitrogen and oxygen atoms in total. The minimum atomic E-state index is -1.73. The highest BCUT2D eigenvalue weighted by molar-refractivity contribution is 5.89. The number of aliphatic hydroxyl groups is 1. The lowest BCUT2D eigenvalue weighted by Gasteiger charge is -2.41. The molecular weight excluding hydrogens is 326 g/mol. The van der Waals surface area contributed by atoms with E-state index < -0.39 is 40.2 Å². The summed E-state index contributed by atoms with van der Waals surface area (Å²) in [6, 6.07) is -0.531. The Kier molecular flexibility index (Phi) is 4.51. The first kappa shape index (κ1) is 18.1. The highest BCUT2D eigenvalue weighted by atomic mass is 16.6. The quantitative estimate of drug-likeness (QED) is 0.232. The summed E-state index contributed by atoms with van der Waals surface area (Å²) in [6.07, 6.45) is 3.57. The number of ether oxygens (including phenoxy) is 2. The molecular formula is C18H25NO6. The number of hydrogen-bond donors (Lipinski definition) is 1. The molecule has 3 rings (SSSR count). The van der Waals surface area contributed by atoms with E-state index in [-0.39, 0.29) is 19.6 Å². The zero-order valence-corrected chi connectivity index (χ0v) is 14.9. The van der Waals surface area contributed by atoms with Crippen LogP contribution < -0.4 is 0 Å². The van der Waals surface area contributed by atoms with Gasteiger partial charge in [-0.05, 0) is 32.3 Å². The van der Waals surface area contributed by atoms with Crippen molar-refractivity contribution < 1.29 is 28.8 Å². The SMILES string of the molecule is C/C=C1\C[C@@H](C)[C@@](C)(O)C(=O)OCC2=CC[N+]3([O-])CC[C@@H](OC1=O)[C@@H]23. The van der Waals surface area contributed by atoms with Crippen LogP contribution in [0.2, 0.25) is 0 Å². The molecule has 5 atom stereocenters. The summed E-state index contributed by atoms with van der Waals surface area (Å²) in [5, 5.41) is 23.5. The maximum atomic E-state index is 12.9. The maximum Gasteiger partial charge on any atom is 0.338 e. The molecule has 3 aliphatic rings. The average molecular weight is 351 g/mol. The van der Waals surface area contributed by atoms with Crippen LogP contribution in [0.3, 0.4) is 0 Å². The molecule has 0 saturated carbocycles. The molecule has 1 N–H and O–H groups in total. The number of hydrogen-bond acceptors (Lipinski definition) is 6. The summed E-state index contributed by atoms with van der Waals surface area (Å²) in [5.41, 5.74) is -0.670. The predicted molar refractivity (Wildman–Crippen MR) is 88.9 cm³/mol. The van der Waals surface area contributed by atoms with Crippen LogP contribution in [0.25, 0.3) is 0 Å². The molecule has 7 heteroatoms. The summed E-state index contributed by atoms with van der Waals surface area (Å²) in [4.78, 5) is 24.9. The molecule has 2 fully saturated rings. The number of cyclic esters (lactones) is 1. The molecule has 3 heterocycles. The normalized spacial score (nSPS) is 43.6. The fourth-order valence-corrected chi connectivity index (χ4v) is 3.91. The van der Waals surface area contributed by atoms with Crippen LogP contribution in [0, 0.1) is 11.1 Å². The van der Waals surface area contributed by atoms with E-state index in [0.29, 0.717) is 24.1 Å². The van der Waals surface area contributed by atoms with Crippen LogP contribution in [0.15, 0.2) is 23.3 Å². The van der Waals surface area contributed by atoms with E-state index in [4.69, 9.17) is 9.47 Å². The van der Waals surface area contributed by atoms with Crippen molar-refractivity contribution in [3.8, 4) is 0 Å². The molecule has 0 radical (unpaired) electrons. The maximum absolute atomic E-state index is 12.9. The Labute approximate surface area is 147 Å². The molecule has 2 saturated heterocycles. The van der Waals surface area contributed by atoms with Crippen LogP contribution in [-0.4, -0.2) is 59.1 Å². The van der Waals surface area contributed by atoms with E-state index in [0.717, 1.165) is 0 Å². The number of rotatable bonds is 0. The highest BCUT2D eigenvalue weighted by Gasteiger charge is 2.51. The first-order chi connectivity index (χ1) is 11.7. The molecule has 0 aromatic rings. The molecule has 138 valence electrons. The molecule has 0 bridgehead atoms. The van der Waals surface area contributed by atoms with Crippen LogP contribution in [0.1, 0.15) is 33.6 Å². The van der Waals surface area contributed by atoms with Crippen molar-refractivity contribution >= 4 is 11.9 Å². The van der Waals surface area contributed by atoms with E-state index in [1.807, 2.05) is 0 Å². The van der Waals surface area contributed by atoms with Crippen molar-refractivity contribution in [1.29, 1.82) is 0 Å². The van der Waals surface area contributed by atoms with Crippen LogP contribution >= 0.6 is 0 Å². The molecule has 0 spiro atoms. The van der Waals surface area contributed by atoms with Gasteiger partial charge in [-0.25, -0.2) is 9.59 Å². The van der Waals surface area contributed by atoms with E-state index in [2.05, 4.69) is 0 Å². The zero-order chi connectivity index (χ0) is 18.4. The van der Waals surface area contributed by atoms with Crippen molar-refractivity contribution in [2.24, 2.45) is 5.92 Å². The summed E-state index contributed by atoms with van der Waals surface area (Å²) in [7, 11) is 0. The molecule has 0 aliphatic carbocycles. The van der Waals surface area contributed by atoms with Gasteiger partial charge in [0.2, 0.25) is 0 Å². The van der Waals surface area contributed by atoms with E-state index in [1.54, 1.807) is 26.0 Å². The first-order valence-electron chi connectivity index (χ1n) is 8.71. The number of carbonyl (C=O) groups is 2. The van der Waals surface area contributed by atoms with Gasteiger partial charge in [-0.15, -0.1) is 0 Å². The average Bonchev–Trinajstić information content (AvgIpc) is 3.05. The Morgan fingerprint density at radius 1 is 1.44 bits per heavy atom. The van der Waals surface area contributed by atoms with Gasteiger partial charge in [-0.1, -0.05) is 13.0 Å². The second-order valence-corrected chi connectivity index (χ2v) is 7.46. The molecule has 25 heavy (non-hydrogen) atoms. The number of carbonyl (C=O) groups excluding carboxylic acids is 2. The third-order valence-electron chi connectivity index (χ3n) is 5.83. The summed E-state index contributed by atoms with van der Waals surface area (Å²) in [6.45, 7) is 5.39. The third-order valence-corrected chi connectivity index (χ3v) is 5.83. The predicted octanol–water partition coefficient (Wildman–Crippen LogP) is 1.21. The summed E-state index contributed by atoms with van der Waals surface area (Å²) in [5.74, 6) is -1.75. The van der Waals surface area contributed by atoms with Crippen LogP contribution in [0.5, 0.6) is 0 Å². The molecule has 1 unspecified atom stereocenters.